The van der Waals surface area contributed by atoms with Crippen molar-refractivity contribution in [1.82, 2.24) is 4.37 Å². The summed E-state index contributed by atoms with van der Waals surface area (Å²) in [6.07, 6.45) is 10.2. The van der Waals surface area contributed by atoms with Crippen molar-refractivity contribution in [1.29, 1.82) is 0 Å². The molecule has 1 aliphatic carbocycles. The smallest absolute Gasteiger partial charge is 0.0526 e. The zero-order valence-corrected chi connectivity index (χ0v) is 8.40. The van der Waals surface area contributed by atoms with E-state index in [1.807, 2.05) is 12.3 Å². The van der Waals surface area contributed by atoms with Crippen LogP contribution in [0.4, 0.5) is 0 Å². The third-order valence-electron chi connectivity index (χ3n) is 1.76. The summed E-state index contributed by atoms with van der Waals surface area (Å²) in [4.78, 5) is 0. The Labute approximate surface area is 80.7 Å². The highest BCUT2D eigenvalue weighted by Crippen LogP contribution is 2.17. The van der Waals surface area contributed by atoms with Gasteiger partial charge in [0.15, 0.2) is 0 Å². The van der Waals surface area contributed by atoms with Crippen LogP contribution in [0.25, 0.3) is 12.2 Å². The Balaban J connectivity index is 2.75. The van der Waals surface area contributed by atoms with E-state index in [9.17, 15) is 0 Å². The van der Waals surface area contributed by atoms with Crippen LogP contribution in [0.5, 0.6) is 0 Å². The molecule has 1 aliphatic rings. The monoisotopic (exact) mass is 195 g/mol. The number of thiol groups is 1. The van der Waals surface area contributed by atoms with Gasteiger partial charge in [-0.25, -0.2) is 0 Å². The normalized spacial score (nSPS) is 26.8. The van der Waals surface area contributed by atoms with Crippen LogP contribution in [0.2, 0.25) is 0 Å². The first-order chi connectivity index (χ1) is 5.67. The average molecular weight is 195 g/mol. The summed E-state index contributed by atoms with van der Waals surface area (Å²) in [5.41, 5.74) is 0. The molecular weight excluding hydrogens is 186 g/mol. The number of hydrogen-bond acceptors (Lipinski definition) is 3. The average Bonchev–Trinajstić information content (AvgIpc) is 2.31. The molecule has 1 aromatic rings. The molecule has 1 nitrogen and oxygen atoms in total. The van der Waals surface area contributed by atoms with E-state index in [4.69, 9.17) is 0 Å². The maximum absolute atomic E-state index is 4.50. The zero-order chi connectivity index (χ0) is 8.60. The standard InChI is InChI=1S/C9H9NS2/c1-9(11)4-2-3-7-6-10-12-8(7)5-9/h2-6,11H,1H3. The Morgan fingerprint density at radius 2 is 2.42 bits per heavy atom. The van der Waals surface area contributed by atoms with Crippen molar-refractivity contribution in [3.05, 3.63) is 28.1 Å². The lowest BCUT2D eigenvalue weighted by atomic mass is 10.1. The van der Waals surface area contributed by atoms with E-state index in [0.717, 1.165) is 0 Å². The van der Waals surface area contributed by atoms with Gasteiger partial charge < -0.3 is 0 Å². The Morgan fingerprint density at radius 1 is 1.58 bits per heavy atom. The van der Waals surface area contributed by atoms with Crippen LogP contribution in [0.1, 0.15) is 6.92 Å². The van der Waals surface area contributed by atoms with E-state index < -0.39 is 0 Å². The summed E-state index contributed by atoms with van der Waals surface area (Å²) in [6.45, 7) is 2.06. The first-order valence-corrected chi connectivity index (χ1v) is 4.95. The fraction of sp³-hybridized carbons (Fsp3) is 0.222. The third kappa shape index (κ3) is 1.47. The highest BCUT2D eigenvalue weighted by molar-refractivity contribution is 7.82. The third-order valence-corrected chi connectivity index (χ3v) is 2.80. The number of hydrogen-bond donors (Lipinski definition) is 1. The molecule has 0 aliphatic heterocycles. The van der Waals surface area contributed by atoms with Crippen LogP contribution < -0.4 is 9.75 Å². The predicted octanol–water partition coefficient (Wildman–Crippen LogP) is 0.962. The molecule has 0 fully saturated rings. The number of nitrogens with zero attached hydrogens (tertiary/aromatic N) is 1. The van der Waals surface area contributed by atoms with Gasteiger partial charge in [-0.3, -0.25) is 0 Å². The predicted molar refractivity (Wildman–Crippen MR) is 56.8 cm³/mol. The highest BCUT2D eigenvalue weighted by atomic mass is 32.1. The largest absolute Gasteiger partial charge is 0.200 e. The molecule has 0 spiro atoms. The molecule has 1 heterocycles. The topological polar surface area (TPSA) is 12.9 Å². The number of rotatable bonds is 0. The fourth-order valence-electron chi connectivity index (χ4n) is 1.15. The van der Waals surface area contributed by atoms with Crippen LogP contribution in [-0.2, 0) is 0 Å². The van der Waals surface area contributed by atoms with Gasteiger partial charge in [-0.2, -0.15) is 17.0 Å². The molecule has 3 heteroatoms. The van der Waals surface area contributed by atoms with Crippen LogP contribution in [0, 0.1) is 0 Å². The van der Waals surface area contributed by atoms with Crippen molar-refractivity contribution in [2.45, 2.75) is 11.7 Å². The molecule has 1 atom stereocenters. The first-order valence-electron chi connectivity index (χ1n) is 3.73. The Bertz CT molecular complexity index is 426. The number of fused-ring (bicyclic) bond motifs is 1. The second-order valence-corrected chi connectivity index (χ2v) is 4.84. The van der Waals surface area contributed by atoms with Crippen LogP contribution in [-0.4, -0.2) is 9.12 Å². The van der Waals surface area contributed by atoms with Crippen molar-refractivity contribution in [2.75, 3.05) is 0 Å². The lowest BCUT2D eigenvalue weighted by molar-refractivity contribution is 1.08. The van der Waals surface area contributed by atoms with Gasteiger partial charge in [0.2, 0.25) is 0 Å². The first kappa shape index (κ1) is 8.08. The Hall–Kier alpha value is -0.540. The molecule has 0 bridgehead atoms. The molecule has 0 radical (unpaired) electrons. The zero-order valence-electron chi connectivity index (χ0n) is 6.69. The minimum absolute atomic E-state index is 0.145. The van der Waals surface area contributed by atoms with E-state index in [-0.39, 0.29) is 4.75 Å². The van der Waals surface area contributed by atoms with Crippen LogP contribution in [0.3, 0.4) is 0 Å². The molecule has 1 aromatic heterocycles. The molecule has 0 amide bonds. The van der Waals surface area contributed by atoms with Gasteiger partial charge in [0.1, 0.15) is 0 Å². The van der Waals surface area contributed by atoms with Crippen molar-refractivity contribution in [3.8, 4) is 0 Å². The highest BCUT2D eigenvalue weighted by Gasteiger charge is 2.11. The van der Waals surface area contributed by atoms with Gasteiger partial charge >= 0.3 is 0 Å². The van der Waals surface area contributed by atoms with Gasteiger partial charge in [0.05, 0.1) is 4.53 Å². The van der Waals surface area contributed by atoms with E-state index in [1.54, 1.807) is 0 Å². The van der Waals surface area contributed by atoms with Gasteiger partial charge in [-0.1, -0.05) is 18.2 Å². The minimum atomic E-state index is -0.145. The molecule has 12 heavy (non-hydrogen) atoms. The number of allylic oxidation sites excluding steroid dienone is 1. The second-order valence-electron chi connectivity index (χ2n) is 3.04. The Kier molecular flexibility index (Phi) is 1.85. The minimum Gasteiger partial charge on any atom is -0.200 e. The molecule has 0 aromatic carbocycles. The Morgan fingerprint density at radius 3 is 3.25 bits per heavy atom. The molecule has 0 saturated heterocycles. The van der Waals surface area contributed by atoms with Gasteiger partial charge in [0.25, 0.3) is 0 Å². The van der Waals surface area contributed by atoms with Crippen LogP contribution >= 0.6 is 24.2 Å². The summed E-state index contributed by atoms with van der Waals surface area (Å²) < 4.78 is 5.18. The second kappa shape index (κ2) is 2.75. The summed E-state index contributed by atoms with van der Waals surface area (Å²) in [6, 6.07) is 0. The molecule has 0 N–H and O–H groups in total. The van der Waals surface area contributed by atoms with E-state index in [1.165, 1.54) is 21.3 Å². The van der Waals surface area contributed by atoms with E-state index in [0.29, 0.717) is 0 Å². The maximum atomic E-state index is 4.50. The summed E-state index contributed by atoms with van der Waals surface area (Å²) in [5, 5.41) is 1.19. The van der Waals surface area contributed by atoms with Crippen molar-refractivity contribution in [3.63, 3.8) is 0 Å². The molecule has 1 unspecified atom stereocenters. The van der Waals surface area contributed by atoms with Crippen molar-refractivity contribution >= 4 is 36.3 Å². The lowest BCUT2D eigenvalue weighted by Crippen LogP contribution is -2.20. The van der Waals surface area contributed by atoms with Gasteiger partial charge in [-0.05, 0) is 24.5 Å². The molecule has 62 valence electrons. The molecule has 0 saturated carbocycles. The quantitative estimate of drug-likeness (QED) is 0.609. The van der Waals surface area contributed by atoms with Crippen molar-refractivity contribution < 1.29 is 0 Å². The van der Waals surface area contributed by atoms with Gasteiger partial charge in [-0.15, -0.1) is 0 Å². The fourth-order valence-corrected chi connectivity index (χ4v) is 2.26. The SMILES string of the molecule is CC1(S)C=CC=c2cnsc2=C1. The lowest BCUT2D eigenvalue weighted by Gasteiger charge is -2.10. The van der Waals surface area contributed by atoms with Crippen molar-refractivity contribution in [2.24, 2.45) is 0 Å². The maximum Gasteiger partial charge on any atom is 0.0526 e. The number of aromatic nitrogens is 1. The summed E-state index contributed by atoms with van der Waals surface area (Å²) in [7, 11) is 0. The van der Waals surface area contributed by atoms with E-state index in [2.05, 4.69) is 42.2 Å². The van der Waals surface area contributed by atoms with E-state index >= 15 is 0 Å². The molecular formula is C9H9NS2. The summed E-state index contributed by atoms with van der Waals surface area (Å²) in [5.74, 6) is 0. The van der Waals surface area contributed by atoms with Crippen LogP contribution in [0.15, 0.2) is 18.3 Å². The molecule has 2 rings (SSSR count). The van der Waals surface area contributed by atoms with Gasteiger partial charge in [0, 0.05) is 16.2 Å². The summed E-state index contributed by atoms with van der Waals surface area (Å²) >= 11 is 6.02.